The second-order valence-electron chi connectivity index (χ2n) is 8.25. The van der Waals surface area contributed by atoms with E-state index in [0.717, 1.165) is 16.0 Å². The van der Waals surface area contributed by atoms with Gasteiger partial charge in [-0.2, -0.15) is 0 Å². The molecule has 1 heterocycles. The molecule has 2 amide bonds. The zero-order valence-electron chi connectivity index (χ0n) is 19.7. The van der Waals surface area contributed by atoms with E-state index in [1.807, 2.05) is 55.6 Å². The Kier molecular flexibility index (Phi) is 8.54. The van der Waals surface area contributed by atoms with Crippen LogP contribution in [0.25, 0.3) is 0 Å². The highest BCUT2D eigenvalue weighted by Gasteiger charge is 2.24. The van der Waals surface area contributed by atoms with Crippen molar-refractivity contribution in [3.63, 3.8) is 0 Å². The van der Waals surface area contributed by atoms with Crippen molar-refractivity contribution in [2.45, 2.75) is 40.3 Å². The van der Waals surface area contributed by atoms with Crippen LogP contribution in [0.4, 0.5) is 5.69 Å². The van der Waals surface area contributed by atoms with Crippen LogP contribution in [0.3, 0.4) is 0 Å². The summed E-state index contributed by atoms with van der Waals surface area (Å²) in [4.78, 5) is 41.9. The van der Waals surface area contributed by atoms with Crippen LogP contribution in [0.5, 0.6) is 0 Å². The van der Waals surface area contributed by atoms with Gasteiger partial charge in [0.25, 0.3) is 11.6 Å². The number of hydrogen-bond donors (Lipinski definition) is 0. The number of nitro groups is 1. The number of nitro benzene ring substituents is 1. The van der Waals surface area contributed by atoms with Crippen molar-refractivity contribution in [2.75, 3.05) is 13.1 Å². The molecule has 0 unspecified atom stereocenters. The van der Waals surface area contributed by atoms with Crippen molar-refractivity contribution >= 4 is 28.8 Å². The lowest BCUT2D eigenvalue weighted by Gasteiger charge is -2.28. The molecule has 0 aliphatic carbocycles. The number of nitrogens with zero attached hydrogens (tertiary/aromatic N) is 3. The summed E-state index contributed by atoms with van der Waals surface area (Å²) in [5, 5.41) is 13.3. The highest BCUT2D eigenvalue weighted by atomic mass is 32.1. The summed E-state index contributed by atoms with van der Waals surface area (Å²) in [6.45, 7) is 6.76. The first-order valence-electron chi connectivity index (χ1n) is 11.2. The van der Waals surface area contributed by atoms with E-state index in [1.54, 1.807) is 35.3 Å². The minimum absolute atomic E-state index is 0.0917. The van der Waals surface area contributed by atoms with Gasteiger partial charge < -0.3 is 9.80 Å². The van der Waals surface area contributed by atoms with Gasteiger partial charge >= 0.3 is 0 Å². The van der Waals surface area contributed by atoms with E-state index in [1.165, 1.54) is 11.0 Å². The highest BCUT2D eigenvalue weighted by molar-refractivity contribution is 7.10. The topological polar surface area (TPSA) is 83.8 Å². The SMILES string of the molecule is CCCN(CC(=O)N(Cc1ccccc1)Cc1sccc1C)C(=O)c1ccc(C)c([N+](=O)[O-])c1. The number of amides is 2. The van der Waals surface area contributed by atoms with Crippen LogP contribution in [-0.4, -0.2) is 39.6 Å². The summed E-state index contributed by atoms with van der Waals surface area (Å²) in [7, 11) is 0. The number of carbonyl (C=O) groups excluding carboxylic acids is 2. The molecule has 7 nitrogen and oxygen atoms in total. The zero-order valence-corrected chi connectivity index (χ0v) is 20.5. The number of hydrogen-bond acceptors (Lipinski definition) is 5. The van der Waals surface area contributed by atoms with Crippen LogP contribution in [0.2, 0.25) is 0 Å². The van der Waals surface area contributed by atoms with Gasteiger partial charge in [0.1, 0.15) is 6.54 Å². The second kappa shape index (κ2) is 11.6. The van der Waals surface area contributed by atoms with Crippen molar-refractivity contribution in [3.05, 3.63) is 97.2 Å². The second-order valence-corrected chi connectivity index (χ2v) is 9.25. The molecular formula is C26H29N3O4S. The van der Waals surface area contributed by atoms with Gasteiger partial charge in [-0.3, -0.25) is 19.7 Å². The molecule has 1 aromatic heterocycles. The van der Waals surface area contributed by atoms with E-state index in [4.69, 9.17) is 0 Å². The third-order valence-corrected chi connectivity index (χ3v) is 6.64. The first-order valence-corrected chi connectivity index (χ1v) is 12.1. The monoisotopic (exact) mass is 479 g/mol. The van der Waals surface area contributed by atoms with Gasteiger partial charge in [-0.05, 0) is 48.9 Å². The smallest absolute Gasteiger partial charge is 0.273 e. The Morgan fingerprint density at radius 3 is 2.32 bits per heavy atom. The summed E-state index contributed by atoms with van der Waals surface area (Å²) < 4.78 is 0. The maximum Gasteiger partial charge on any atom is 0.273 e. The predicted molar refractivity (Wildman–Crippen MR) is 134 cm³/mol. The van der Waals surface area contributed by atoms with E-state index >= 15 is 0 Å². The van der Waals surface area contributed by atoms with Crippen LogP contribution in [0, 0.1) is 24.0 Å². The maximum absolute atomic E-state index is 13.5. The van der Waals surface area contributed by atoms with Crippen LogP contribution < -0.4 is 0 Å². The molecule has 2 aromatic carbocycles. The number of carbonyl (C=O) groups is 2. The largest absolute Gasteiger partial charge is 0.332 e. The van der Waals surface area contributed by atoms with Crippen molar-refractivity contribution in [1.82, 2.24) is 9.80 Å². The van der Waals surface area contributed by atoms with Crippen LogP contribution >= 0.6 is 11.3 Å². The molecule has 0 aliphatic heterocycles. The average molecular weight is 480 g/mol. The molecule has 0 atom stereocenters. The molecule has 0 bridgehead atoms. The molecule has 0 fully saturated rings. The standard InChI is InChI=1S/C26H29N3O4S/c1-4-13-27(26(31)22-11-10-19(2)23(15-22)29(32)33)18-25(30)28(16-21-8-6-5-7-9-21)17-24-20(3)12-14-34-24/h5-12,14-15H,4,13,16-18H2,1-3H3. The number of aryl methyl sites for hydroxylation is 2. The fourth-order valence-electron chi connectivity index (χ4n) is 3.68. The lowest BCUT2D eigenvalue weighted by molar-refractivity contribution is -0.385. The predicted octanol–water partition coefficient (Wildman–Crippen LogP) is 5.35. The summed E-state index contributed by atoms with van der Waals surface area (Å²) in [5.41, 5.74) is 2.73. The van der Waals surface area contributed by atoms with Crippen LogP contribution in [0.1, 0.15) is 45.3 Å². The van der Waals surface area contributed by atoms with Gasteiger partial charge in [0.2, 0.25) is 5.91 Å². The molecule has 0 spiro atoms. The molecule has 0 aliphatic rings. The van der Waals surface area contributed by atoms with Crippen molar-refractivity contribution in [3.8, 4) is 0 Å². The fraction of sp³-hybridized carbons (Fsp3) is 0.308. The Hall–Kier alpha value is -3.52. The zero-order chi connectivity index (χ0) is 24.7. The van der Waals surface area contributed by atoms with E-state index in [2.05, 4.69) is 0 Å². The lowest BCUT2D eigenvalue weighted by atomic mass is 10.1. The average Bonchev–Trinajstić information content (AvgIpc) is 3.23. The normalized spacial score (nSPS) is 10.7. The first-order chi connectivity index (χ1) is 16.3. The third kappa shape index (κ3) is 6.29. The molecule has 0 N–H and O–H groups in total. The summed E-state index contributed by atoms with van der Waals surface area (Å²) in [6, 6.07) is 16.2. The highest BCUT2D eigenvalue weighted by Crippen LogP contribution is 2.22. The Balaban J connectivity index is 1.84. The fourth-order valence-corrected chi connectivity index (χ4v) is 4.60. The van der Waals surface area contributed by atoms with Gasteiger partial charge in [0.15, 0.2) is 0 Å². The van der Waals surface area contributed by atoms with Crippen molar-refractivity contribution in [1.29, 1.82) is 0 Å². The summed E-state index contributed by atoms with van der Waals surface area (Å²) in [5.74, 6) is -0.551. The Morgan fingerprint density at radius 1 is 0.971 bits per heavy atom. The van der Waals surface area contributed by atoms with E-state index in [-0.39, 0.29) is 29.6 Å². The quantitative estimate of drug-likeness (QED) is 0.290. The third-order valence-electron chi connectivity index (χ3n) is 5.63. The lowest BCUT2D eigenvalue weighted by Crippen LogP contribution is -2.42. The van der Waals surface area contributed by atoms with Crippen LogP contribution in [0.15, 0.2) is 60.0 Å². The number of rotatable bonds is 10. The molecule has 8 heteroatoms. The maximum atomic E-state index is 13.5. The van der Waals surface area contributed by atoms with Crippen molar-refractivity contribution < 1.29 is 14.5 Å². The molecule has 34 heavy (non-hydrogen) atoms. The first kappa shape index (κ1) is 25.1. The van der Waals surface area contributed by atoms with Crippen LogP contribution in [-0.2, 0) is 17.9 Å². The Bertz CT molecular complexity index is 1160. The Labute approximate surface area is 203 Å². The molecule has 3 rings (SSSR count). The van der Waals surface area contributed by atoms with Gasteiger partial charge in [-0.25, -0.2) is 0 Å². The molecule has 0 saturated heterocycles. The van der Waals surface area contributed by atoms with Gasteiger partial charge in [-0.15, -0.1) is 11.3 Å². The van der Waals surface area contributed by atoms with E-state index in [0.29, 0.717) is 31.6 Å². The molecule has 3 aromatic rings. The van der Waals surface area contributed by atoms with E-state index < -0.39 is 4.92 Å². The summed E-state index contributed by atoms with van der Waals surface area (Å²) in [6.07, 6.45) is 0.662. The van der Waals surface area contributed by atoms with E-state index in [9.17, 15) is 19.7 Å². The summed E-state index contributed by atoms with van der Waals surface area (Å²) >= 11 is 1.61. The number of thiophene rings is 1. The van der Waals surface area contributed by atoms with Gasteiger partial charge in [0.05, 0.1) is 11.5 Å². The molecular weight excluding hydrogens is 450 g/mol. The molecule has 0 radical (unpaired) electrons. The molecule has 0 saturated carbocycles. The minimum Gasteiger partial charge on any atom is -0.332 e. The van der Waals surface area contributed by atoms with Gasteiger partial charge in [0, 0.05) is 35.2 Å². The van der Waals surface area contributed by atoms with Crippen molar-refractivity contribution in [2.24, 2.45) is 0 Å². The molecule has 178 valence electrons. The number of benzene rings is 2. The van der Waals surface area contributed by atoms with Gasteiger partial charge in [-0.1, -0.05) is 43.3 Å². The minimum atomic E-state index is -0.494. The Morgan fingerprint density at radius 2 is 1.71 bits per heavy atom.